The van der Waals surface area contributed by atoms with Gasteiger partial charge in [0, 0.05) is 30.9 Å². The van der Waals surface area contributed by atoms with E-state index in [0.29, 0.717) is 23.9 Å². The van der Waals surface area contributed by atoms with E-state index in [0.717, 1.165) is 16.8 Å². The van der Waals surface area contributed by atoms with Gasteiger partial charge in [-0.3, -0.25) is 0 Å². The maximum atomic E-state index is 5.83. The monoisotopic (exact) mass is 306 g/mol. The van der Waals surface area contributed by atoms with Gasteiger partial charge >= 0.3 is 0 Å². The molecule has 0 radical (unpaired) electrons. The van der Waals surface area contributed by atoms with E-state index in [1.54, 1.807) is 24.5 Å². The normalized spacial score (nSPS) is 10.2. The van der Waals surface area contributed by atoms with Crippen LogP contribution in [0.1, 0.15) is 11.3 Å². The van der Waals surface area contributed by atoms with Crippen molar-refractivity contribution < 1.29 is 9.26 Å². The molecule has 0 saturated carbocycles. The molecule has 0 aromatic carbocycles. The molecule has 3 rings (SSSR count). The summed E-state index contributed by atoms with van der Waals surface area (Å²) in [5.41, 5.74) is 8.32. The predicted octanol–water partition coefficient (Wildman–Crippen LogP) is 2.32. The number of ether oxygens (including phenoxy) is 1. The van der Waals surface area contributed by atoms with Gasteiger partial charge in [-0.15, -0.1) is 6.42 Å². The zero-order chi connectivity index (χ0) is 16.1. The molecule has 0 spiro atoms. The molecule has 6 heteroatoms. The Morgan fingerprint density at radius 3 is 2.91 bits per heavy atom. The summed E-state index contributed by atoms with van der Waals surface area (Å²) in [4.78, 5) is 8.22. The van der Waals surface area contributed by atoms with Crippen molar-refractivity contribution in [2.45, 2.75) is 6.42 Å². The molecule has 0 unspecified atom stereocenters. The van der Waals surface area contributed by atoms with Crippen LogP contribution >= 0.6 is 0 Å². The second-order valence-corrected chi connectivity index (χ2v) is 4.79. The van der Waals surface area contributed by atoms with Gasteiger partial charge < -0.3 is 15.0 Å². The molecule has 3 aromatic rings. The zero-order valence-electron chi connectivity index (χ0n) is 12.3. The van der Waals surface area contributed by atoms with E-state index < -0.39 is 0 Å². The SMILES string of the molecule is C#CCOc1ccc(Cc2cc(-c3cccnc3N)on2)cn1. The molecule has 0 aliphatic rings. The fourth-order valence-electron chi connectivity index (χ4n) is 2.07. The first-order valence-electron chi connectivity index (χ1n) is 6.94. The molecular weight excluding hydrogens is 292 g/mol. The summed E-state index contributed by atoms with van der Waals surface area (Å²) in [7, 11) is 0. The van der Waals surface area contributed by atoms with Crippen molar-refractivity contribution >= 4 is 5.82 Å². The molecule has 2 N–H and O–H groups in total. The summed E-state index contributed by atoms with van der Waals surface area (Å²) in [6, 6.07) is 9.16. The number of hydrogen-bond donors (Lipinski definition) is 1. The molecule has 0 fully saturated rings. The van der Waals surface area contributed by atoms with Gasteiger partial charge in [0.15, 0.2) is 12.4 Å². The van der Waals surface area contributed by atoms with Crippen LogP contribution in [-0.2, 0) is 6.42 Å². The van der Waals surface area contributed by atoms with E-state index in [-0.39, 0.29) is 6.61 Å². The van der Waals surface area contributed by atoms with Crippen LogP contribution in [0.25, 0.3) is 11.3 Å². The lowest BCUT2D eigenvalue weighted by molar-refractivity contribution is 0.355. The average Bonchev–Trinajstić information content (AvgIpc) is 3.03. The van der Waals surface area contributed by atoms with Crippen molar-refractivity contribution in [3.05, 3.63) is 54.0 Å². The second kappa shape index (κ2) is 6.62. The highest BCUT2D eigenvalue weighted by Crippen LogP contribution is 2.25. The number of nitrogens with two attached hydrogens (primary N) is 1. The van der Waals surface area contributed by atoms with Gasteiger partial charge in [-0.05, 0) is 17.7 Å². The largest absolute Gasteiger partial charge is 0.464 e. The quantitative estimate of drug-likeness (QED) is 0.728. The Balaban J connectivity index is 1.72. The molecule has 23 heavy (non-hydrogen) atoms. The van der Waals surface area contributed by atoms with Gasteiger partial charge in [0.1, 0.15) is 5.82 Å². The Bertz CT molecular complexity index is 834. The minimum Gasteiger partial charge on any atom is -0.464 e. The van der Waals surface area contributed by atoms with E-state index in [1.165, 1.54) is 0 Å². The van der Waals surface area contributed by atoms with Crippen LogP contribution in [0.4, 0.5) is 5.82 Å². The minimum atomic E-state index is 0.200. The summed E-state index contributed by atoms with van der Waals surface area (Å²) >= 11 is 0. The zero-order valence-corrected chi connectivity index (χ0v) is 12.3. The second-order valence-electron chi connectivity index (χ2n) is 4.79. The Hall–Kier alpha value is -3.33. The first-order valence-corrected chi connectivity index (χ1v) is 6.94. The third kappa shape index (κ3) is 3.47. The standard InChI is InChI=1S/C17H14N4O2/c1-2-8-22-16-6-5-12(11-20-16)9-13-10-15(23-21-13)14-4-3-7-19-17(14)18/h1,3-7,10-11H,8-9H2,(H2,18,19). The minimum absolute atomic E-state index is 0.200. The molecule has 0 bridgehead atoms. The van der Waals surface area contributed by atoms with E-state index in [1.807, 2.05) is 18.2 Å². The number of nitrogens with zero attached hydrogens (tertiary/aromatic N) is 3. The summed E-state index contributed by atoms with van der Waals surface area (Å²) in [5.74, 6) is 3.89. The lowest BCUT2D eigenvalue weighted by Crippen LogP contribution is -1.97. The number of rotatable bonds is 5. The lowest BCUT2D eigenvalue weighted by atomic mass is 10.1. The van der Waals surface area contributed by atoms with Crippen molar-refractivity contribution in [3.63, 3.8) is 0 Å². The topological polar surface area (TPSA) is 87.1 Å². The molecule has 0 aliphatic carbocycles. The van der Waals surface area contributed by atoms with E-state index >= 15 is 0 Å². The van der Waals surface area contributed by atoms with Crippen LogP contribution in [0.3, 0.4) is 0 Å². The fourth-order valence-corrected chi connectivity index (χ4v) is 2.07. The number of nitrogen functional groups attached to an aromatic ring is 1. The predicted molar refractivity (Wildman–Crippen MR) is 85.5 cm³/mol. The van der Waals surface area contributed by atoms with Gasteiger partial charge in [0.2, 0.25) is 5.88 Å². The van der Waals surface area contributed by atoms with Crippen LogP contribution in [0.5, 0.6) is 5.88 Å². The lowest BCUT2D eigenvalue weighted by Gasteiger charge is -2.02. The Kier molecular flexibility index (Phi) is 4.20. The molecule has 6 nitrogen and oxygen atoms in total. The van der Waals surface area contributed by atoms with Gasteiger partial charge in [-0.25, -0.2) is 9.97 Å². The number of terminal acetylenes is 1. The Morgan fingerprint density at radius 2 is 2.17 bits per heavy atom. The van der Waals surface area contributed by atoms with Gasteiger partial charge in [-0.2, -0.15) is 0 Å². The Morgan fingerprint density at radius 1 is 1.26 bits per heavy atom. The molecule has 114 valence electrons. The van der Waals surface area contributed by atoms with E-state index in [9.17, 15) is 0 Å². The highest BCUT2D eigenvalue weighted by atomic mass is 16.5. The van der Waals surface area contributed by atoms with Crippen LogP contribution in [-0.4, -0.2) is 21.7 Å². The first-order chi connectivity index (χ1) is 11.3. The molecule has 3 aromatic heterocycles. The van der Waals surface area contributed by atoms with Crippen LogP contribution in [0, 0.1) is 12.3 Å². The highest BCUT2D eigenvalue weighted by molar-refractivity contribution is 5.69. The van der Waals surface area contributed by atoms with Crippen molar-refractivity contribution in [2.75, 3.05) is 12.3 Å². The maximum Gasteiger partial charge on any atom is 0.214 e. The molecule has 3 heterocycles. The molecule has 0 aliphatic heterocycles. The van der Waals surface area contributed by atoms with Crippen molar-refractivity contribution in [2.24, 2.45) is 0 Å². The first kappa shape index (κ1) is 14.6. The third-order valence-corrected chi connectivity index (χ3v) is 3.15. The summed E-state index contributed by atoms with van der Waals surface area (Å²) < 4.78 is 10.6. The maximum absolute atomic E-state index is 5.83. The van der Waals surface area contributed by atoms with E-state index in [4.69, 9.17) is 21.4 Å². The smallest absolute Gasteiger partial charge is 0.214 e. The van der Waals surface area contributed by atoms with Gasteiger partial charge in [0.25, 0.3) is 0 Å². The number of anilines is 1. The van der Waals surface area contributed by atoms with Crippen LogP contribution in [0.2, 0.25) is 0 Å². The van der Waals surface area contributed by atoms with Crippen LogP contribution < -0.4 is 10.5 Å². The van der Waals surface area contributed by atoms with Crippen molar-refractivity contribution in [3.8, 4) is 29.5 Å². The molecular formula is C17H14N4O2. The number of pyridine rings is 2. The van der Waals surface area contributed by atoms with E-state index in [2.05, 4.69) is 21.0 Å². The highest BCUT2D eigenvalue weighted by Gasteiger charge is 2.10. The van der Waals surface area contributed by atoms with Crippen molar-refractivity contribution in [1.82, 2.24) is 15.1 Å². The summed E-state index contributed by atoms with van der Waals surface area (Å²) in [6.45, 7) is 0.200. The van der Waals surface area contributed by atoms with Crippen LogP contribution in [0.15, 0.2) is 47.2 Å². The number of hydrogen-bond acceptors (Lipinski definition) is 6. The average molecular weight is 306 g/mol. The Labute approximate surface area is 133 Å². The molecule has 0 atom stereocenters. The summed E-state index contributed by atoms with van der Waals surface area (Å²) in [5, 5.41) is 4.06. The fraction of sp³-hybridized carbons (Fsp3) is 0.118. The van der Waals surface area contributed by atoms with Gasteiger partial charge in [-0.1, -0.05) is 17.1 Å². The third-order valence-electron chi connectivity index (χ3n) is 3.15. The van der Waals surface area contributed by atoms with Crippen molar-refractivity contribution in [1.29, 1.82) is 0 Å². The van der Waals surface area contributed by atoms with Gasteiger partial charge in [0.05, 0.1) is 11.3 Å². The summed E-state index contributed by atoms with van der Waals surface area (Å²) in [6.07, 6.45) is 9.08. The molecule has 0 saturated heterocycles. The number of aromatic nitrogens is 3. The molecule has 0 amide bonds.